The fourth-order valence-electron chi connectivity index (χ4n) is 2.53. The van der Waals surface area contributed by atoms with Crippen LogP contribution in [0.25, 0.3) is 0 Å². The monoisotopic (exact) mass is 392 g/mol. The van der Waals surface area contributed by atoms with Gasteiger partial charge in [0, 0.05) is 11.8 Å². The van der Waals surface area contributed by atoms with Gasteiger partial charge in [-0.15, -0.1) is 0 Å². The molecule has 0 radical (unpaired) electrons. The first-order valence-electron chi connectivity index (χ1n) is 8.88. The Bertz CT molecular complexity index is 976. The SMILES string of the molecule is COC(=O)COc1ccccc1COc1ccccc1C(=O)Nc1cccnc1. The first-order chi connectivity index (χ1) is 14.2. The maximum Gasteiger partial charge on any atom is 0.343 e. The van der Waals surface area contributed by atoms with Gasteiger partial charge in [0.15, 0.2) is 6.61 Å². The number of methoxy groups -OCH3 is 1. The van der Waals surface area contributed by atoms with Crippen molar-refractivity contribution in [2.75, 3.05) is 19.0 Å². The fourth-order valence-corrected chi connectivity index (χ4v) is 2.53. The lowest BCUT2D eigenvalue weighted by molar-refractivity contribution is -0.142. The molecule has 0 saturated carbocycles. The highest BCUT2D eigenvalue weighted by Gasteiger charge is 2.14. The number of benzene rings is 2. The van der Waals surface area contributed by atoms with Gasteiger partial charge < -0.3 is 19.5 Å². The average Bonchev–Trinajstić information content (AvgIpc) is 2.77. The molecule has 0 bridgehead atoms. The van der Waals surface area contributed by atoms with Crippen molar-refractivity contribution in [3.05, 3.63) is 84.2 Å². The van der Waals surface area contributed by atoms with Crippen LogP contribution >= 0.6 is 0 Å². The van der Waals surface area contributed by atoms with Crippen LogP contribution in [0, 0.1) is 0 Å². The van der Waals surface area contributed by atoms with Gasteiger partial charge in [-0.3, -0.25) is 9.78 Å². The minimum atomic E-state index is -0.474. The lowest BCUT2D eigenvalue weighted by Gasteiger charge is -2.14. The predicted octanol–water partition coefficient (Wildman–Crippen LogP) is 3.46. The summed E-state index contributed by atoms with van der Waals surface area (Å²) in [5, 5.41) is 2.79. The Hall–Kier alpha value is -3.87. The van der Waals surface area contributed by atoms with Crippen molar-refractivity contribution < 1.29 is 23.8 Å². The molecule has 1 amide bonds. The number of hydrogen-bond acceptors (Lipinski definition) is 6. The second kappa shape index (κ2) is 9.89. The van der Waals surface area contributed by atoms with Crippen molar-refractivity contribution >= 4 is 17.6 Å². The molecular formula is C22H20N2O5. The Morgan fingerprint density at radius 2 is 1.69 bits per heavy atom. The van der Waals surface area contributed by atoms with E-state index in [-0.39, 0.29) is 19.1 Å². The van der Waals surface area contributed by atoms with E-state index in [2.05, 4.69) is 15.0 Å². The van der Waals surface area contributed by atoms with Gasteiger partial charge in [-0.2, -0.15) is 0 Å². The van der Waals surface area contributed by atoms with Crippen LogP contribution in [0.15, 0.2) is 73.1 Å². The molecule has 1 N–H and O–H groups in total. The lowest BCUT2D eigenvalue weighted by Crippen LogP contribution is -2.15. The molecule has 7 nitrogen and oxygen atoms in total. The Labute approximate surface area is 168 Å². The normalized spacial score (nSPS) is 10.1. The largest absolute Gasteiger partial charge is 0.488 e. The van der Waals surface area contributed by atoms with Crippen LogP contribution in [-0.2, 0) is 16.1 Å². The number of para-hydroxylation sites is 2. The summed E-state index contributed by atoms with van der Waals surface area (Å²) in [5.41, 5.74) is 1.72. The second-order valence-corrected chi connectivity index (χ2v) is 5.95. The first kappa shape index (κ1) is 19.9. The molecule has 2 aromatic carbocycles. The first-order valence-corrected chi connectivity index (χ1v) is 8.88. The number of nitrogens with one attached hydrogen (secondary N) is 1. The molecule has 0 atom stereocenters. The van der Waals surface area contributed by atoms with E-state index < -0.39 is 5.97 Å². The molecule has 0 saturated heterocycles. The van der Waals surface area contributed by atoms with Crippen LogP contribution in [0.2, 0.25) is 0 Å². The van der Waals surface area contributed by atoms with E-state index in [9.17, 15) is 9.59 Å². The third kappa shape index (κ3) is 5.55. The number of nitrogens with zero attached hydrogens (tertiary/aromatic N) is 1. The molecular weight excluding hydrogens is 372 g/mol. The maximum atomic E-state index is 12.6. The third-order valence-corrected chi connectivity index (χ3v) is 3.98. The zero-order valence-corrected chi connectivity index (χ0v) is 15.8. The van der Waals surface area contributed by atoms with Gasteiger partial charge in [0.05, 0.1) is 24.6 Å². The van der Waals surface area contributed by atoms with Gasteiger partial charge in [-0.25, -0.2) is 4.79 Å². The number of carbonyl (C=O) groups excluding carboxylic acids is 2. The maximum absolute atomic E-state index is 12.6. The zero-order chi connectivity index (χ0) is 20.5. The van der Waals surface area contributed by atoms with Crippen LogP contribution < -0.4 is 14.8 Å². The molecule has 1 aromatic heterocycles. The summed E-state index contributed by atoms with van der Waals surface area (Å²) in [5.74, 6) is 0.161. The van der Waals surface area contributed by atoms with E-state index in [1.807, 2.05) is 12.1 Å². The standard InChI is InChI=1S/C22H20N2O5/c1-27-21(25)15-29-19-10-4-2-7-16(19)14-28-20-11-5-3-9-18(20)22(26)24-17-8-6-12-23-13-17/h2-13H,14-15H2,1H3,(H,24,26). The molecule has 0 spiro atoms. The molecule has 3 aromatic rings. The van der Waals surface area contributed by atoms with Gasteiger partial charge in [0.1, 0.15) is 18.1 Å². The number of esters is 1. The molecule has 7 heteroatoms. The van der Waals surface area contributed by atoms with E-state index in [1.165, 1.54) is 7.11 Å². The molecule has 148 valence electrons. The number of aromatic nitrogens is 1. The number of pyridine rings is 1. The van der Waals surface area contributed by atoms with Crippen molar-refractivity contribution in [3.8, 4) is 11.5 Å². The van der Waals surface area contributed by atoms with Gasteiger partial charge in [0.2, 0.25) is 0 Å². The number of ether oxygens (including phenoxy) is 3. The van der Waals surface area contributed by atoms with Gasteiger partial charge in [-0.05, 0) is 30.3 Å². The highest BCUT2D eigenvalue weighted by atomic mass is 16.6. The molecule has 3 rings (SSSR count). The van der Waals surface area contributed by atoms with Crippen LogP contribution in [-0.4, -0.2) is 30.6 Å². The molecule has 0 aliphatic heterocycles. The van der Waals surface area contributed by atoms with Gasteiger partial charge >= 0.3 is 5.97 Å². The molecule has 1 heterocycles. The predicted molar refractivity (Wildman–Crippen MR) is 107 cm³/mol. The van der Waals surface area contributed by atoms with Crippen molar-refractivity contribution in [1.29, 1.82) is 0 Å². The Morgan fingerprint density at radius 1 is 0.931 bits per heavy atom. The van der Waals surface area contributed by atoms with Crippen molar-refractivity contribution in [3.63, 3.8) is 0 Å². The smallest absolute Gasteiger partial charge is 0.343 e. The van der Waals surface area contributed by atoms with Crippen molar-refractivity contribution in [2.45, 2.75) is 6.61 Å². The van der Waals surface area contributed by atoms with Gasteiger partial charge in [-0.1, -0.05) is 30.3 Å². The summed E-state index contributed by atoms with van der Waals surface area (Å²) in [6, 6.07) is 17.6. The van der Waals surface area contributed by atoms with E-state index in [0.717, 1.165) is 5.56 Å². The highest BCUT2D eigenvalue weighted by molar-refractivity contribution is 6.06. The Morgan fingerprint density at radius 3 is 2.45 bits per heavy atom. The number of anilines is 1. The van der Waals surface area contributed by atoms with E-state index in [4.69, 9.17) is 9.47 Å². The number of hydrogen-bond donors (Lipinski definition) is 1. The molecule has 0 aliphatic rings. The van der Waals surface area contributed by atoms with Crippen molar-refractivity contribution in [1.82, 2.24) is 4.98 Å². The summed E-state index contributed by atoms with van der Waals surface area (Å²) in [7, 11) is 1.30. The fraction of sp³-hybridized carbons (Fsp3) is 0.136. The summed E-state index contributed by atoms with van der Waals surface area (Å²) in [4.78, 5) is 27.9. The average molecular weight is 392 g/mol. The van der Waals surface area contributed by atoms with Crippen LogP contribution in [0.3, 0.4) is 0 Å². The minimum absolute atomic E-state index is 0.161. The molecule has 0 aliphatic carbocycles. The van der Waals surface area contributed by atoms with Crippen LogP contribution in [0.1, 0.15) is 15.9 Å². The van der Waals surface area contributed by atoms with Crippen LogP contribution in [0.5, 0.6) is 11.5 Å². The van der Waals surface area contributed by atoms with E-state index >= 15 is 0 Å². The second-order valence-electron chi connectivity index (χ2n) is 5.95. The summed E-state index contributed by atoms with van der Waals surface area (Å²) >= 11 is 0. The Balaban J connectivity index is 1.70. The zero-order valence-electron chi connectivity index (χ0n) is 15.8. The van der Waals surface area contributed by atoms with E-state index in [0.29, 0.717) is 22.7 Å². The summed E-state index contributed by atoms with van der Waals surface area (Å²) in [6.07, 6.45) is 3.20. The molecule has 0 fully saturated rings. The summed E-state index contributed by atoms with van der Waals surface area (Å²) < 4.78 is 16.0. The topological polar surface area (TPSA) is 86.8 Å². The number of amides is 1. The number of rotatable bonds is 8. The lowest BCUT2D eigenvalue weighted by atomic mass is 10.1. The molecule has 29 heavy (non-hydrogen) atoms. The third-order valence-electron chi connectivity index (χ3n) is 3.98. The highest BCUT2D eigenvalue weighted by Crippen LogP contribution is 2.24. The Kier molecular flexibility index (Phi) is 6.78. The minimum Gasteiger partial charge on any atom is -0.488 e. The quantitative estimate of drug-likeness (QED) is 0.591. The molecule has 0 unspecified atom stereocenters. The summed E-state index contributed by atoms with van der Waals surface area (Å²) in [6.45, 7) is -0.0356. The van der Waals surface area contributed by atoms with Gasteiger partial charge in [0.25, 0.3) is 5.91 Å². The van der Waals surface area contributed by atoms with E-state index in [1.54, 1.807) is 60.9 Å². The van der Waals surface area contributed by atoms with Crippen molar-refractivity contribution in [2.24, 2.45) is 0 Å². The number of carbonyl (C=O) groups is 2. The van der Waals surface area contributed by atoms with Crippen LogP contribution in [0.4, 0.5) is 5.69 Å².